The third kappa shape index (κ3) is 4.01. The lowest BCUT2D eigenvalue weighted by Gasteiger charge is -2.39. The molecule has 3 fully saturated rings. The molecular formula is C22H28N8O. The van der Waals surface area contributed by atoms with Gasteiger partial charge in [0.05, 0.1) is 30.6 Å². The zero-order valence-electron chi connectivity index (χ0n) is 17.4. The Morgan fingerprint density at radius 3 is 2.77 bits per heavy atom. The Bertz CT molecular complexity index is 937. The first-order valence-corrected chi connectivity index (χ1v) is 11.1. The Morgan fingerprint density at radius 1 is 1.16 bits per heavy atom. The fourth-order valence-corrected chi connectivity index (χ4v) is 5.29. The molecule has 2 aliphatic heterocycles. The fraction of sp³-hybridized carbons (Fsp3) is 0.545. The molecule has 162 valence electrons. The Morgan fingerprint density at radius 2 is 2.00 bits per heavy atom. The van der Waals surface area contributed by atoms with E-state index in [1.807, 2.05) is 18.3 Å². The molecule has 3 N–H and O–H groups in total. The second kappa shape index (κ2) is 8.65. The van der Waals surface area contributed by atoms with E-state index in [0.717, 1.165) is 43.4 Å². The molecule has 5 atom stereocenters. The number of rotatable bonds is 5. The number of benzene rings is 1. The highest BCUT2D eigenvalue weighted by Crippen LogP contribution is 2.36. The summed E-state index contributed by atoms with van der Waals surface area (Å²) < 4.78 is 1.78. The van der Waals surface area contributed by atoms with Gasteiger partial charge in [0.15, 0.2) is 0 Å². The number of hydrogen-bond donors (Lipinski definition) is 3. The molecule has 0 bridgehead atoms. The molecule has 2 aromatic rings. The van der Waals surface area contributed by atoms with Crippen LogP contribution in [0.5, 0.6) is 0 Å². The number of hydrazine groups is 1. The van der Waals surface area contributed by atoms with E-state index in [-0.39, 0.29) is 36.0 Å². The average molecular weight is 421 g/mol. The lowest BCUT2D eigenvalue weighted by atomic mass is 9.83. The average Bonchev–Trinajstić information content (AvgIpc) is 3.44. The van der Waals surface area contributed by atoms with E-state index in [0.29, 0.717) is 13.1 Å². The van der Waals surface area contributed by atoms with Crippen molar-refractivity contribution in [3.8, 4) is 6.07 Å². The van der Waals surface area contributed by atoms with Crippen LogP contribution in [0, 0.1) is 23.2 Å². The molecule has 1 aromatic carbocycles. The Labute approximate surface area is 181 Å². The molecule has 1 saturated carbocycles. The van der Waals surface area contributed by atoms with Crippen LogP contribution in [-0.4, -0.2) is 50.7 Å². The van der Waals surface area contributed by atoms with Crippen LogP contribution in [0.3, 0.4) is 0 Å². The number of carbonyl (C=O) groups excluding carboxylic acids is 1. The number of nitrogens with one attached hydrogen (secondary N) is 3. The molecule has 2 saturated heterocycles. The predicted molar refractivity (Wildman–Crippen MR) is 114 cm³/mol. The maximum atomic E-state index is 12.8. The molecular weight excluding hydrogens is 392 g/mol. The Kier molecular flexibility index (Phi) is 5.57. The zero-order chi connectivity index (χ0) is 21.2. The third-order valence-electron chi connectivity index (χ3n) is 6.81. The molecule has 3 aliphatic rings. The van der Waals surface area contributed by atoms with Gasteiger partial charge in [-0.3, -0.25) is 4.79 Å². The van der Waals surface area contributed by atoms with Gasteiger partial charge in [0.25, 0.3) is 0 Å². The van der Waals surface area contributed by atoms with Crippen molar-refractivity contribution in [3.05, 3.63) is 42.2 Å². The summed E-state index contributed by atoms with van der Waals surface area (Å²) in [5.74, 6) is -0.0950. The third-order valence-corrected chi connectivity index (χ3v) is 6.81. The molecule has 9 heteroatoms. The molecule has 0 radical (unpaired) electrons. The first kappa shape index (κ1) is 20.0. The van der Waals surface area contributed by atoms with Crippen LogP contribution < -0.4 is 16.1 Å². The van der Waals surface area contributed by atoms with Gasteiger partial charge in [-0.1, -0.05) is 30.2 Å². The first-order chi connectivity index (χ1) is 15.2. The first-order valence-electron chi connectivity index (χ1n) is 11.1. The molecule has 3 unspecified atom stereocenters. The van der Waals surface area contributed by atoms with Crippen LogP contribution in [0.1, 0.15) is 37.7 Å². The van der Waals surface area contributed by atoms with Crippen LogP contribution in [-0.2, 0) is 11.3 Å². The number of piperidine rings is 1. The van der Waals surface area contributed by atoms with Gasteiger partial charge in [0.2, 0.25) is 5.91 Å². The van der Waals surface area contributed by atoms with E-state index in [2.05, 4.69) is 49.6 Å². The molecule has 1 amide bonds. The maximum Gasteiger partial charge on any atom is 0.228 e. The summed E-state index contributed by atoms with van der Waals surface area (Å²) in [7, 11) is 0. The quantitative estimate of drug-likeness (QED) is 0.672. The number of amides is 1. The van der Waals surface area contributed by atoms with E-state index >= 15 is 0 Å². The van der Waals surface area contributed by atoms with E-state index in [1.165, 1.54) is 0 Å². The summed E-state index contributed by atoms with van der Waals surface area (Å²) in [5, 5.41) is 26.3. The Balaban J connectivity index is 1.32. The molecule has 9 nitrogen and oxygen atoms in total. The van der Waals surface area contributed by atoms with Gasteiger partial charge in [-0.15, -0.1) is 5.10 Å². The number of aromatic nitrogens is 3. The summed E-state index contributed by atoms with van der Waals surface area (Å²) in [5.41, 5.74) is 5.67. The van der Waals surface area contributed by atoms with Crippen LogP contribution in [0.2, 0.25) is 0 Å². The summed E-state index contributed by atoms with van der Waals surface area (Å²) in [6, 6.07) is 11.0. The second-order valence-electron chi connectivity index (χ2n) is 8.72. The van der Waals surface area contributed by atoms with Gasteiger partial charge >= 0.3 is 0 Å². The molecule has 31 heavy (non-hydrogen) atoms. The van der Waals surface area contributed by atoms with E-state index in [9.17, 15) is 10.1 Å². The summed E-state index contributed by atoms with van der Waals surface area (Å²) >= 11 is 0. The van der Waals surface area contributed by atoms with Crippen molar-refractivity contribution < 1.29 is 4.79 Å². The minimum atomic E-state index is -0.201. The van der Waals surface area contributed by atoms with E-state index in [1.54, 1.807) is 10.9 Å². The van der Waals surface area contributed by atoms with Crippen LogP contribution in [0.4, 0.5) is 5.69 Å². The van der Waals surface area contributed by atoms with Crippen molar-refractivity contribution in [3.63, 3.8) is 0 Å². The molecule has 1 aliphatic carbocycles. The van der Waals surface area contributed by atoms with Crippen molar-refractivity contribution in [2.24, 2.45) is 11.8 Å². The van der Waals surface area contributed by atoms with Crippen molar-refractivity contribution >= 4 is 11.6 Å². The number of carbonyl (C=O) groups is 1. The van der Waals surface area contributed by atoms with Crippen LogP contribution >= 0.6 is 0 Å². The zero-order valence-corrected chi connectivity index (χ0v) is 17.4. The smallest absolute Gasteiger partial charge is 0.228 e. The van der Waals surface area contributed by atoms with E-state index < -0.39 is 0 Å². The summed E-state index contributed by atoms with van der Waals surface area (Å²) in [6.07, 6.45) is 8.39. The number of hydrogen-bond acceptors (Lipinski definition) is 7. The topological polar surface area (TPSA) is 111 Å². The minimum Gasteiger partial charge on any atom is -0.368 e. The van der Waals surface area contributed by atoms with Crippen LogP contribution in [0.15, 0.2) is 36.7 Å². The Hall–Kier alpha value is -2.96. The fourth-order valence-electron chi connectivity index (χ4n) is 5.29. The van der Waals surface area contributed by atoms with Crippen molar-refractivity contribution in [1.29, 1.82) is 5.26 Å². The van der Waals surface area contributed by atoms with Gasteiger partial charge < -0.3 is 10.6 Å². The number of nitrogens with zero attached hydrogens (tertiary/aromatic N) is 5. The van der Waals surface area contributed by atoms with Gasteiger partial charge in [0.1, 0.15) is 6.17 Å². The highest BCUT2D eigenvalue weighted by Gasteiger charge is 2.51. The largest absolute Gasteiger partial charge is 0.368 e. The van der Waals surface area contributed by atoms with Gasteiger partial charge in [-0.05, 0) is 37.0 Å². The van der Waals surface area contributed by atoms with Gasteiger partial charge in [-0.25, -0.2) is 15.1 Å². The van der Waals surface area contributed by atoms with Gasteiger partial charge in [-0.2, -0.15) is 5.26 Å². The van der Waals surface area contributed by atoms with Gasteiger partial charge in [0, 0.05) is 30.5 Å². The standard InChI is InChI=1S/C22H28N8O/c23-13-16-3-1-2-4-18(16)30-19-9-10-24-22(31)20(19)21(27-30)26-17-7-5-15(6-8-17)14-29-12-11-25-28-29/h5-8,11-12,16,18-21,26-27H,1-4,9-10,14H2,(H,24,31)/t16-,18+,19?,20?,21?/m1/s1. The van der Waals surface area contributed by atoms with Crippen molar-refractivity contribution in [2.45, 2.75) is 56.9 Å². The monoisotopic (exact) mass is 420 g/mol. The maximum absolute atomic E-state index is 12.8. The summed E-state index contributed by atoms with van der Waals surface area (Å²) in [4.78, 5) is 12.8. The minimum absolute atomic E-state index is 0.0155. The highest BCUT2D eigenvalue weighted by molar-refractivity contribution is 5.82. The number of anilines is 1. The molecule has 5 rings (SSSR count). The highest BCUT2D eigenvalue weighted by atomic mass is 16.2. The van der Waals surface area contributed by atoms with Crippen molar-refractivity contribution in [1.82, 2.24) is 30.7 Å². The SMILES string of the molecule is N#C[C@H]1CCCC[C@@H]1N1NC(Nc2ccc(Cn3ccnn3)cc2)C2C(=O)NCCC21. The molecule has 3 heterocycles. The van der Waals surface area contributed by atoms with Crippen molar-refractivity contribution in [2.75, 3.05) is 11.9 Å². The molecule has 1 aromatic heterocycles. The molecule has 0 spiro atoms. The lowest BCUT2D eigenvalue weighted by Crippen LogP contribution is -2.54. The predicted octanol–water partition coefficient (Wildman–Crippen LogP) is 1.47. The number of nitriles is 1. The van der Waals surface area contributed by atoms with Crippen LogP contribution in [0.25, 0.3) is 0 Å². The summed E-state index contributed by atoms with van der Waals surface area (Å²) in [6.45, 7) is 1.35. The lowest BCUT2D eigenvalue weighted by molar-refractivity contribution is -0.128. The normalized spacial score (nSPS) is 30.9. The second-order valence-corrected chi connectivity index (χ2v) is 8.72. The number of fused-ring (bicyclic) bond motifs is 1. The van der Waals surface area contributed by atoms with E-state index in [4.69, 9.17) is 0 Å².